The Kier molecular flexibility index (Phi) is 4.34. The van der Waals surface area contributed by atoms with Crippen molar-refractivity contribution in [1.29, 1.82) is 0 Å². The molecular weight excluding hydrogens is 316 g/mol. The molecule has 1 atom stereocenters. The first-order valence-electron chi connectivity index (χ1n) is 7.20. The highest BCUT2D eigenvalue weighted by molar-refractivity contribution is 7.12. The second kappa shape index (κ2) is 6.42. The second-order valence-corrected chi connectivity index (χ2v) is 6.68. The van der Waals surface area contributed by atoms with E-state index in [9.17, 15) is 9.59 Å². The molecule has 23 heavy (non-hydrogen) atoms. The van der Waals surface area contributed by atoms with Gasteiger partial charge in [0.2, 0.25) is 11.9 Å². The maximum Gasteiger partial charge on any atom is 0.351 e. The van der Waals surface area contributed by atoms with Crippen LogP contribution in [0, 0.1) is 13.8 Å². The molecule has 2 aromatic rings. The first kappa shape index (κ1) is 15.6. The number of rotatable bonds is 4. The van der Waals surface area contributed by atoms with Crippen LogP contribution >= 0.6 is 11.3 Å². The van der Waals surface area contributed by atoms with Crippen molar-refractivity contribution in [3.05, 3.63) is 45.6 Å². The SMILES string of the molecule is Cc1cc(C(=O)COC(=O)[C@H]2COc3ccccc3O2)c(C)s1. The van der Waals surface area contributed by atoms with Gasteiger partial charge >= 0.3 is 5.97 Å². The molecule has 0 N–H and O–H groups in total. The zero-order valence-corrected chi connectivity index (χ0v) is 13.6. The number of Topliss-reactive ketones (excluding diaryl/α,β-unsaturated/α-hetero) is 1. The number of carbonyl (C=O) groups is 2. The summed E-state index contributed by atoms with van der Waals surface area (Å²) >= 11 is 1.55. The summed E-state index contributed by atoms with van der Waals surface area (Å²) in [6.07, 6.45) is -0.858. The number of fused-ring (bicyclic) bond motifs is 1. The van der Waals surface area contributed by atoms with Crippen LogP contribution in [0.25, 0.3) is 0 Å². The van der Waals surface area contributed by atoms with Gasteiger partial charge in [0.15, 0.2) is 18.1 Å². The number of carbonyl (C=O) groups excluding carboxylic acids is 2. The Labute approximate surface area is 137 Å². The minimum absolute atomic E-state index is 0.0701. The molecule has 0 spiro atoms. The molecule has 1 aromatic heterocycles. The molecule has 0 fully saturated rings. The molecular formula is C17H16O5S. The fraction of sp³-hybridized carbons (Fsp3) is 0.294. The van der Waals surface area contributed by atoms with Crippen LogP contribution in [0.1, 0.15) is 20.1 Å². The van der Waals surface area contributed by atoms with Crippen LogP contribution in [0.2, 0.25) is 0 Å². The summed E-state index contributed by atoms with van der Waals surface area (Å²) < 4.78 is 16.1. The number of hydrogen-bond donors (Lipinski definition) is 0. The van der Waals surface area contributed by atoms with Crippen molar-refractivity contribution >= 4 is 23.1 Å². The van der Waals surface area contributed by atoms with Gasteiger partial charge in [-0.3, -0.25) is 4.79 Å². The molecule has 1 aromatic carbocycles. The molecule has 120 valence electrons. The average molecular weight is 332 g/mol. The molecule has 0 unspecified atom stereocenters. The highest BCUT2D eigenvalue weighted by Crippen LogP contribution is 2.31. The van der Waals surface area contributed by atoms with Crippen LogP contribution in [0.5, 0.6) is 11.5 Å². The fourth-order valence-electron chi connectivity index (χ4n) is 2.35. The highest BCUT2D eigenvalue weighted by atomic mass is 32.1. The van der Waals surface area contributed by atoms with Gasteiger partial charge in [-0.15, -0.1) is 11.3 Å². The van der Waals surface area contributed by atoms with Crippen molar-refractivity contribution in [3.63, 3.8) is 0 Å². The number of ketones is 1. The van der Waals surface area contributed by atoms with E-state index in [1.54, 1.807) is 29.5 Å². The number of thiophene rings is 1. The van der Waals surface area contributed by atoms with Crippen LogP contribution in [0.4, 0.5) is 0 Å². The third-order valence-electron chi connectivity index (χ3n) is 3.46. The third kappa shape index (κ3) is 3.37. The van der Waals surface area contributed by atoms with E-state index in [1.807, 2.05) is 26.0 Å². The molecule has 5 nitrogen and oxygen atoms in total. The summed E-state index contributed by atoms with van der Waals surface area (Å²) in [6.45, 7) is 3.59. The standard InChI is InChI=1S/C17H16O5S/c1-10-7-12(11(2)23-10)13(18)8-21-17(19)16-9-20-14-5-3-4-6-15(14)22-16/h3-7,16H,8-9H2,1-2H3/t16-/m1/s1. The molecule has 0 amide bonds. The minimum atomic E-state index is -0.858. The summed E-state index contributed by atoms with van der Waals surface area (Å²) in [5, 5.41) is 0. The topological polar surface area (TPSA) is 61.8 Å². The number of aryl methyl sites for hydroxylation is 2. The number of benzene rings is 1. The van der Waals surface area contributed by atoms with Crippen molar-refractivity contribution in [1.82, 2.24) is 0 Å². The maximum absolute atomic E-state index is 12.1. The molecule has 0 aliphatic carbocycles. The average Bonchev–Trinajstić information content (AvgIpc) is 2.90. The Morgan fingerprint density at radius 1 is 1.26 bits per heavy atom. The largest absolute Gasteiger partial charge is 0.485 e. The summed E-state index contributed by atoms with van der Waals surface area (Å²) in [7, 11) is 0. The zero-order chi connectivity index (χ0) is 16.4. The number of ether oxygens (including phenoxy) is 3. The normalized spacial score (nSPS) is 16.0. The molecule has 0 radical (unpaired) electrons. The zero-order valence-electron chi connectivity index (χ0n) is 12.8. The first-order chi connectivity index (χ1) is 11.0. The monoisotopic (exact) mass is 332 g/mol. The van der Waals surface area contributed by atoms with E-state index in [1.165, 1.54) is 0 Å². The fourth-order valence-corrected chi connectivity index (χ4v) is 3.29. The van der Waals surface area contributed by atoms with Crippen molar-refractivity contribution in [2.45, 2.75) is 20.0 Å². The van der Waals surface area contributed by atoms with Gasteiger partial charge in [-0.1, -0.05) is 12.1 Å². The summed E-state index contributed by atoms with van der Waals surface area (Å²) in [4.78, 5) is 26.2. The van der Waals surface area contributed by atoms with Crippen molar-refractivity contribution in [2.75, 3.05) is 13.2 Å². The molecule has 6 heteroatoms. The Balaban J connectivity index is 1.58. The Morgan fingerprint density at radius 2 is 2.00 bits per heavy atom. The lowest BCUT2D eigenvalue weighted by Crippen LogP contribution is -2.38. The summed E-state index contributed by atoms with van der Waals surface area (Å²) in [6, 6.07) is 8.91. The smallest absolute Gasteiger partial charge is 0.351 e. The predicted octanol–water partition coefficient (Wildman–Crippen LogP) is 2.93. The van der Waals surface area contributed by atoms with E-state index in [0.717, 1.165) is 9.75 Å². The van der Waals surface area contributed by atoms with E-state index in [4.69, 9.17) is 14.2 Å². The van der Waals surface area contributed by atoms with Gasteiger partial charge in [0.25, 0.3) is 0 Å². The summed E-state index contributed by atoms with van der Waals surface area (Å²) in [5.41, 5.74) is 0.603. The van der Waals surface area contributed by atoms with E-state index >= 15 is 0 Å². The number of para-hydroxylation sites is 2. The quantitative estimate of drug-likeness (QED) is 0.636. The lowest BCUT2D eigenvalue weighted by Gasteiger charge is -2.24. The van der Waals surface area contributed by atoms with Crippen molar-refractivity contribution in [2.24, 2.45) is 0 Å². The molecule has 3 rings (SSSR count). The predicted molar refractivity (Wildman–Crippen MR) is 85.4 cm³/mol. The molecule has 2 heterocycles. The lowest BCUT2D eigenvalue weighted by molar-refractivity contribution is -0.153. The van der Waals surface area contributed by atoms with E-state index in [2.05, 4.69) is 0 Å². The third-order valence-corrected chi connectivity index (χ3v) is 4.42. The molecule has 1 aliphatic rings. The number of esters is 1. The van der Waals surface area contributed by atoms with Gasteiger partial charge in [0.1, 0.15) is 6.61 Å². The molecule has 0 saturated carbocycles. The second-order valence-electron chi connectivity index (χ2n) is 5.22. The van der Waals surface area contributed by atoms with E-state index in [-0.39, 0.29) is 19.0 Å². The van der Waals surface area contributed by atoms with Crippen LogP contribution in [0.15, 0.2) is 30.3 Å². The first-order valence-corrected chi connectivity index (χ1v) is 8.01. The van der Waals surface area contributed by atoms with Gasteiger partial charge < -0.3 is 14.2 Å². The molecule has 0 saturated heterocycles. The van der Waals surface area contributed by atoms with E-state index in [0.29, 0.717) is 17.1 Å². The van der Waals surface area contributed by atoms with Crippen molar-refractivity contribution < 1.29 is 23.8 Å². The Hall–Kier alpha value is -2.34. The maximum atomic E-state index is 12.1. The van der Waals surface area contributed by atoms with Gasteiger partial charge in [0, 0.05) is 15.3 Å². The van der Waals surface area contributed by atoms with Gasteiger partial charge in [-0.2, -0.15) is 0 Å². The van der Waals surface area contributed by atoms with Crippen LogP contribution < -0.4 is 9.47 Å². The van der Waals surface area contributed by atoms with E-state index < -0.39 is 12.1 Å². The highest BCUT2D eigenvalue weighted by Gasteiger charge is 2.29. The van der Waals surface area contributed by atoms with Crippen LogP contribution in [0.3, 0.4) is 0 Å². The molecule has 0 bridgehead atoms. The van der Waals surface area contributed by atoms with Crippen molar-refractivity contribution in [3.8, 4) is 11.5 Å². The van der Waals surface area contributed by atoms with Crippen LogP contribution in [-0.4, -0.2) is 31.1 Å². The minimum Gasteiger partial charge on any atom is -0.485 e. The Morgan fingerprint density at radius 3 is 2.70 bits per heavy atom. The Bertz CT molecular complexity index is 749. The van der Waals surface area contributed by atoms with Gasteiger partial charge in [-0.25, -0.2) is 4.79 Å². The van der Waals surface area contributed by atoms with Gasteiger partial charge in [-0.05, 0) is 32.0 Å². The number of hydrogen-bond acceptors (Lipinski definition) is 6. The summed E-state index contributed by atoms with van der Waals surface area (Å²) in [5.74, 6) is 0.281. The molecule has 1 aliphatic heterocycles. The van der Waals surface area contributed by atoms with Gasteiger partial charge in [0.05, 0.1) is 0 Å². The van der Waals surface area contributed by atoms with Crippen LogP contribution in [-0.2, 0) is 9.53 Å². The lowest BCUT2D eigenvalue weighted by atomic mass is 10.2.